The molecular formula is C14H16N4Ni. The van der Waals surface area contributed by atoms with Crippen molar-refractivity contribution in [3.8, 4) is 0 Å². The van der Waals surface area contributed by atoms with Gasteiger partial charge in [-0.25, -0.2) is 15.0 Å². The second-order valence-corrected chi connectivity index (χ2v) is 4.42. The number of nitrogens with zero attached hydrogens (tertiary/aromatic N) is 4. The maximum absolute atomic E-state index is 4.52. The van der Waals surface area contributed by atoms with Gasteiger partial charge in [0, 0.05) is 16.5 Å². The summed E-state index contributed by atoms with van der Waals surface area (Å²) in [5.41, 5.74) is 3.40. The average molecular weight is 299 g/mol. The third-order valence-electron chi connectivity index (χ3n) is 2.71. The van der Waals surface area contributed by atoms with Crippen LogP contribution in [0, 0.1) is 6.92 Å². The predicted molar refractivity (Wildman–Crippen MR) is 72.3 cm³/mol. The molecule has 2 aromatic rings. The summed E-state index contributed by atoms with van der Waals surface area (Å²) in [6.07, 6.45) is 4.61. The number of benzene rings is 1. The van der Waals surface area contributed by atoms with Crippen molar-refractivity contribution in [2.45, 2.75) is 26.7 Å². The minimum absolute atomic E-state index is 0. The van der Waals surface area contributed by atoms with Gasteiger partial charge >= 0.3 is 0 Å². The number of aromatic nitrogens is 3. The van der Waals surface area contributed by atoms with Gasteiger partial charge in [-0.1, -0.05) is 32.0 Å². The minimum atomic E-state index is 0. The van der Waals surface area contributed by atoms with Crippen LogP contribution in [0.1, 0.15) is 36.7 Å². The molecule has 0 radical (unpaired) electrons. The van der Waals surface area contributed by atoms with E-state index < -0.39 is 0 Å². The van der Waals surface area contributed by atoms with Gasteiger partial charge in [-0.15, -0.1) is 0 Å². The molecule has 102 valence electrons. The molecule has 0 aliphatic carbocycles. The van der Waals surface area contributed by atoms with Crippen LogP contribution in [0.25, 0.3) is 0 Å². The van der Waals surface area contributed by atoms with Gasteiger partial charge in [0.2, 0.25) is 0 Å². The fraction of sp³-hybridized carbons (Fsp3) is 0.286. The summed E-state index contributed by atoms with van der Waals surface area (Å²) < 4.78 is 0. The summed E-state index contributed by atoms with van der Waals surface area (Å²) in [7, 11) is 0. The smallest absolute Gasteiger partial charge is 0.173 e. The van der Waals surface area contributed by atoms with Gasteiger partial charge in [0.25, 0.3) is 0 Å². The molecule has 0 aliphatic heterocycles. The van der Waals surface area contributed by atoms with Crippen molar-refractivity contribution in [3.05, 3.63) is 47.8 Å². The normalized spacial score (nSPS) is 10.7. The molecular weight excluding hydrogens is 283 g/mol. The molecule has 19 heavy (non-hydrogen) atoms. The van der Waals surface area contributed by atoms with Gasteiger partial charge in [0.1, 0.15) is 12.7 Å². The van der Waals surface area contributed by atoms with Crippen LogP contribution in [0.3, 0.4) is 0 Å². The fourth-order valence-corrected chi connectivity index (χ4v) is 1.76. The SMILES string of the molecule is Cc1cccc(C(C)C)c1N=Cc1ncncn1.[Ni]. The van der Waals surface area contributed by atoms with Gasteiger partial charge in [0.05, 0.1) is 11.9 Å². The Morgan fingerprint density at radius 3 is 2.47 bits per heavy atom. The van der Waals surface area contributed by atoms with Crippen LogP contribution >= 0.6 is 0 Å². The van der Waals surface area contributed by atoms with E-state index in [0.717, 1.165) is 11.3 Å². The topological polar surface area (TPSA) is 51.0 Å². The Kier molecular flexibility index (Phi) is 5.77. The van der Waals surface area contributed by atoms with Crippen molar-refractivity contribution < 1.29 is 16.5 Å². The van der Waals surface area contributed by atoms with Crippen molar-refractivity contribution in [2.75, 3.05) is 0 Å². The van der Waals surface area contributed by atoms with Gasteiger partial charge in [0.15, 0.2) is 5.82 Å². The van der Waals surface area contributed by atoms with Crippen molar-refractivity contribution in [1.82, 2.24) is 15.0 Å². The molecule has 0 aliphatic rings. The molecule has 0 spiro atoms. The first kappa shape index (κ1) is 15.5. The number of hydrogen-bond acceptors (Lipinski definition) is 4. The Labute approximate surface area is 123 Å². The third-order valence-corrected chi connectivity index (χ3v) is 2.71. The van der Waals surface area contributed by atoms with Gasteiger partial charge < -0.3 is 0 Å². The van der Waals surface area contributed by atoms with Gasteiger partial charge in [-0.05, 0) is 24.0 Å². The second-order valence-electron chi connectivity index (χ2n) is 4.42. The molecule has 4 nitrogen and oxygen atoms in total. The molecule has 0 saturated heterocycles. The largest absolute Gasteiger partial charge is 0.252 e. The summed E-state index contributed by atoms with van der Waals surface area (Å²) in [5.74, 6) is 1.01. The first-order chi connectivity index (χ1) is 8.68. The van der Waals surface area contributed by atoms with E-state index >= 15 is 0 Å². The molecule has 1 heterocycles. The van der Waals surface area contributed by atoms with Crippen LogP contribution in [0.4, 0.5) is 5.69 Å². The summed E-state index contributed by atoms with van der Waals surface area (Å²) in [6, 6.07) is 6.23. The first-order valence-electron chi connectivity index (χ1n) is 5.94. The number of para-hydroxylation sites is 1. The Balaban J connectivity index is 0.00000180. The van der Waals surface area contributed by atoms with E-state index in [-0.39, 0.29) is 16.5 Å². The minimum Gasteiger partial charge on any atom is -0.252 e. The zero-order valence-corrected chi connectivity index (χ0v) is 12.1. The third kappa shape index (κ3) is 3.93. The van der Waals surface area contributed by atoms with E-state index in [1.165, 1.54) is 18.2 Å². The van der Waals surface area contributed by atoms with Gasteiger partial charge in [-0.3, -0.25) is 4.99 Å². The van der Waals surface area contributed by atoms with E-state index in [1.54, 1.807) is 6.21 Å². The molecule has 0 N–H and O–H groups in total. The molecule has 0 amide bonds. The Bertz CT molecular complexity index is 553. The van der Waals surface area contributed by atoms with Crippen LogP contribution in [-0.2, 0) is 16.5 Å². The number of aliphatic imine (C=N–C) groups is 1. The molecule has 0 unspecified atom stereocenters. The molecule has 2 rings (SSSR count). The maximum Gasteiger partial charge on any atom is 0.173 e. The average Bonchev–Trinajstić information content (AvgIpc) is 2.38. The zero-order chi connectivity index (χ0) is 13.0. The molecule has 1 aromatic heterocycles. The maximum atomic E-state index is 4.52. The Morgan fingerprint density at radius 2 is 1.84 bits per heavy atom. The van der Waals surface area contributed by atoms with Crippen molar-refractivity contribution in [1.29, 1.82) is 0 Å². The molecule has 1 aromatic carbocycles. The number of rotatable bonds is 3. The summed E-state index contributed by atoms with van der Waals surface area (Å²) in [4.78, 5) is 16.4. The van der Waals surface area contributed by atoms with E-state index in [0.29, 0.717) is 11.7 Å². The fourth-order valence-electron chi connectivity index (χ4n) is 1.76. The second kappa shape index (κ2) is 7.10. The number of hydrogen-bond donors (Lipinski definition) is 0. The van der Waals surface area contributed by atoms with Gasteiger partial charge in [-0.2, -0.15) is 0 Å². The molecule has 0 saturated carbocycles. The summed E-state index contributed by atoms with van der Waals surface area (Å²) in [6.45, 7) is 6.39. The van der Waals surface area contributed by atoms with Crippen molar-refractivity contribution in [2.24, 2.45) is 4.99 Å². The van der Waals surface area contributed by atoms with E-state index in [2.05, 4.69) is 58.9 Å². The van der Waals surface area contributed by atoms with Crippen molar-refractivity contribution in [3.63, 3.8) is 0 Å². The summed E-state index contributed by atoms with van der Waals surface area (Å²) in [5, 5.41) is 0. The van der Waals surface area contributed by atoms with Crippen LogP contribution in [0.5, 0.6) is 0 Å². The van der Waals surface area contributed by atoms with Crippen LogP contribution in [0.15, 0.2) is 35.8 Å². The van der Waals surface area contributed by atoms with E-state index in [9.17, 15) is 0 Å². The predicted octanol–water partition coefficient (Wildman–Crippen LogP) is 3.05. The molecule has 0 bridgehead atoms. The molecule has 0 fully saturated rings. The zero-order valence-electron chi connectivity index (χ0n) is 11.1. The Hall–Kier alpha value is -1.61. The molecule has 0 atom stereocenters. The quantitative estimate of drug-likeness (QED) is 0.646. The van der Waals surface area contributed by atoms with E-state index in [4.69, 9.17) is 0 Å². The standard InChI is InChI=1S/C14H16N4.Ni/c1-10(2)12-6-4-5-11(3)14(12)16-7-13-17-8-15-9-18-13;/h4-10H,1-3H3;. The van der Waals surface area contributed by atoms with Crippen LogP contribution in [-0.4, -0.2) is 21.2 Å². The first-order valence-corrected chi connectivity index (χ1v) is 5.94. The monoisotopic (exact) mass is 298 g/mol. The number of aryl methyl sites for hydroxylation is 1. The Morgan fingerprint density at radius 1 is 1.16 bits per heavy atom. The van der Waals surface area contributed by atoms with Crippen LogP contribution < -0.4 is 0 Å². The van der Waals surface area contributed by atoms with Crippen LogP contribution in [0.2, 0.25) is 0 Å². The summed E-state index contributed by atoms with van der Waals surface area (Å²) >= 11 is 0. The van der Waals surface area contributed by atoms with Crippen molar-refractivity contribution >= 4 is 11.9 Å². The molecule has 5 heteroatoms. The van der Waals surface area contributed by atoms with E-state index in [1.807, 2.05) is 0 Å².